The maximum atomic E-state index is 12.6. The highest BCUT2D eigenvalue weighted by molar-refractivity contribution is 7.80. The van der Waals surface area contributed by atoms with Crippen LogP contribution in [-0.2, 0) is 20.9 Å². The van der Waals surface area contributed by atoms with Crippen molar-refractivity contribution in [3.63, 3.8) is 0 Å². The Bertz CT molecular complexity index is 721. The zero-order chi connectivity index (χ0) is 19.8. The molecule has 0 unspecified atom stereocenters. The summed E-state index contributed by atoms with van der Waals surface area (Å²) in [7, 11) is 0. The number of pyridine rings is 1. The monoisotopic (exact) mass is 391 g/mol. The van der Waals surface area contributed by atoms with Gasteiger partial charge >= 0.3 is 5.97 Å². The molecular formula is C19H25N3O4S. The number of carbonyl (C=O) groups excluding carboxylic acids is 3. The van der Waals surface area contributed by atoms with Crippen LogP contribution in [0.4, 0.5) is 0 Å². The van der Waals surface area contributed by atoms with Crippen molar-refractivity contribution < 1.29 is 19.1 Å². The summed E-state index contributed by atoms with van der Waals surface area (Å²) >= 11 is 4.14. The summed E-state index contributed by atoms with van der Waals surface area (Å²) in [4.78, 5) is 41.6. The number of ether oxygens (including phenoxy) is 1. The van der Waals surface area contributed by atoms with E-state index in [0.717, 1.165) is 0 Å². The topological polar surface area (TPSA) is 97.4 Å². The van der Waals surface area contributed by atoms with Crippen LogP contribution in [0.5, 0.6) is 0 Å². The van der Waals surface area contributed by atoms with Gasteiger partial charge in [-0.2, -0.15) is 12.6 Å². The van der Waals surface area contributed by atoms with Crippen molar-refractivity contribution in [1.82, 2.24) is 15.6 Å². The Morgan fingerprint density at radius 2 is 2.11 bits per heavy atom. The fraction of sp³-hybridized carbons (Fsp3) is 0.474. The average Bonchev–Trinajstić information content (AvgIpc) is 2.64. The molecule has 1 aromatic rings. The number of thiol groups is 1. The molecule has 7 nitrogen and oxygen atoms in total. The third-order valence-electron chi connectivity index (χ3n) is 4.01. The Hall–Kier alpha value is -2.35. The summed E-state index contributed by atoms with van der Waals surface area (Å²) in [5.74, 6) is -0.849. The quantitative estimate of drug-likeness (QED) is 0.412. The zero-order valence-electron chi connectivity index (χ0n) is 15.5. The fourth-order valence-electron chi connectivity index (χ4n) is 2.56. The molecule has 146 valence electrons. The average molecular weight is 391 g/mol. The highest BCUT2D eigenvalue weighted by atomic mass is 32.1. The molecule has 2 N–H and O–H groups in total. The van der Waals surface area contributed by atoms with Crippen molar-refractivity contribution >= 4 is 30.4 Å². The van der Waals surface area contributed by atoms with Crippen LogP contribution in [0.1, 0.15) is 42.9 Å². The van der Waals surface area contributed by atoms with Crippen molar-refractivity contribution in [1.29, 1.82) is 0 Å². The molecule has 2 bridgehead atoms. The van der Waals surface area contributed by atoms with Gasteiger partial charge in [0.2, 0.25) is 5.91 Å². The number of cyclic esters (lactones) is 1. The maximum absolute atomic E-state index is 12.6. The molecule has 2 heterocycles. The van der Waals surface area contributed by atoms with Gasteiger partial charge in [-0.3, -0.25) is 9.59 Å². The minimum Gasteiger partial charge on any atom is -0.456 e. The van der Waals surface area contributed by atoms with Gasteiger partial charge in [-0.15, -0.1) is 0 Å². The third kappa shape index (κ3) is 6.39. The Morgan fingerprint density at radius 3 is 2.81 bits per heavy atom. The van der Waals surface area contributed by atoms with Crippen LogP contribution in [0.3, 0.4) is 0 Å². The first-order valence-electron chi connectivity index (χ1n) is 8.92. The highest BCUT2D eigenvalue weighted by Gasteiger charge is 2.29. The molecule has 0 saturated heterocycles. The molecule has 1 aliphatic heterocycles. The normalized spacial score (nSPS) is 21.7. The molecule has 0 saturated carbocycles. The molecule has 8 heteroatoms. The van der Waals surface area contributed by atoms with Gasteiger partial charge in [-0.25, -0.2) is 9.78 Å². The first-order valence-corrected chi connectivity index (χ1v) is 9.55. The molecule has 2 atom stereocenters. The number of hydrogen-bond donors (Lipinski definition) is 3. The van der Waals surface area contributed by atoms with Crippen molar-refractivity contribution in [3.05, 3.63) is 41.7 Å². The molecule has 0 aromatic carbocycles. The Morgan fingerprint density at radius 1 is 1.33 bits per heavy atom. The van der Waals surface area contributed by atoms with E-state index in [4.69, 9.17) is 4.74 Å². The van der Waals surface area contributed by atoms with Gasteiger partial charge in [-0.1, -0.05) is 26.0 Å². The summed E-state index contributed by atoms with van der Waals surface area (Å²) < 4.78 is 5.52. The first-order chi connectivity index (χ1) is 12.9. The van der Waals surface area contributed by atoms with E-state index in [1.807, 2.05) is 19.9 Å². The molecule has 0 aliphatic carbocycles. The number of esters is 1. The van der Waals surface area contributed by atoms with Crippen LogP contribution in [0.15, 0.2) is 30.4 Å². The maximum Gasteiger partial charge on any atom is 0.329 e. The second-order valence-electron chi connectivity index (χ2n) is 6.61. The van der Waals surface area contributed by atoms with Gasteiger partial charge in [0.25, 0.3) is 5.91 Å². The van der Waals surface area contributed by atoms with Gasteiger partial charge in [-0.05, 0) is 36.3 Å². The van der Waals surface area contributed by atoms with Crippen LogP contribution in [0, 0.1) is 5.92 Å². The lowest BCUT2D eigenvalue weighted by Crippen LogP contribution is -2.46. The lowest BCUT2D eigenvalue weighted by Gasteiger charge is -2.23. The second kappa shape index (κ2) is 10.1. The number of rotatable bonds is 4. The Labute approximate surface area is 164 Å². The number of nitrogens with zero attached hydrogens (tertiary/aromatic N) is 1. The van der Waals surface area contributed by atoms with E-state index in [2.05, 4.69) is 28.2 Å². The summed E-state index contributed by atoms with van der Waals surface area (Å²) in [6, 6.07) is 4.14. The van der Waals surface area contributed by atoms with Gasteiger partial charge in [0.1, 0.15) is 17.8 Å². The van der Waals surface area contributed by atoms with Crippen molar-refractivity contribution in [2.24, 2.45) is 5.92 Å². The SMILES string of the molecule is CC(C)[C@@H]1NC(=O)c2cccc(n2)CNC(=O)C[C@@H](/C=C/CCS)OC1=O. The van der Waals surface area contributed by atoms with Gasteiger partial charge in [0, 0.05) is 0 Å². The number of aromatic nitrogens is 1. The molecule has 2 amide bonds. The predicted octanol–water partition coefficient (Wildman–Crippen LogP) is 1.64. The summed E-state index contributed by atoms with van der Waals surface area (Å²) in [6.07, 6.45) is 3.48. The molecule has 1 aliphatic rings. The van der Waals surface area contributed by atoms with Crippen molar-refractivity contribution in [2.75, 3.05) is 5.75 Å². The van der Waals surface area contributed by atoms with Gasteiger partial charge < -0.3 is 15.4 Å². The Kier molecular flexibility index (Phi) is 7.84. The number of allylic oxidation sites excluding steroid dienone is 1. The minimum atomic E-state index is -0.840. The lowest BCUT2D eigenvalue weighted by molar-refractivity contribution is -0.151. The van der Waals surface area contributed by atoms with E-state index in [1.54, 1.807) is 24.3 Å². The first kappa shape index (κ1) is 21.0. The summed E-state index contributed by atoms with van der Waals surface area (Å²) in [5.41, 5.74) is 0.746. The number of nitrogens with one attached hydrogen (secondary N) is 2. The van der Waals surface area contributed by atoms with E-state index in [9.17, 15) is 14.4 Å². The molecule has 0 spiro atoms. The number of fused-ring (bicyclic) bond motifs is 2. The van der Waals surface area contributed by atoms with Crippen LogP contribution in [0.25, 0.3) is 0 Å². The van der Waals surface area contributed by atoms with E-state index >= 15 is 0 Å². The van der Waals surface area contributed by atoms with E-state index in [1.165, 1.54) is 0 Å². The van der Waals surface area contributed by atoms with E-state index in [-0.39, 0.29) is 30.5 Å². The largest absolute Gasteiger partial charge is 0.456 e. The minimum absolute atomic E-state index is 0.00668. The van der Waals surface area contributed by atoms with Crippen molar-refractivity contribution in [3.8, 4) is 0 Å². The molecule has 0 radical (unpaired) electrons. The predicted molar refractivity (Wildman–Crippen MR) is 104 cm³/mol. The van der Waals surface area contributed by atoms with E-state index in [0.29, 0.717) is 17.9 Å². The molecule has 1 aromatic heterocycles. The number of carbonyl (C=O) groups is 3. The second-order valence-corrected chi connectivity index (χ2v) is 7.05. The molecular weight excluding hydrogens is 366 g/mol. The van der Waals surface area contributed by atoms with Gasteiger partial charge in [0.15, 0.2) is 0 Å². The molecule has 2 rings (SSSR count). The summed E-state index contributed by atoms with van der Waals surface area (Å²) in [6.45, 7) is 3.81. The highest BCUT2D eigenvalue weighted by Crippen LogP contribution is 2.12. The molecule has 27 heavy (non-hydrogen) atoms. The molecule has 0 fully saturated rings. The third-order valence-corrected chi connectivity index (χ3v) is 4.27. The van der Waals surface area contributed by atoms with Crippen LogP contribution in [-0.4, -0.2) is 40.7 Å². The van der Waals surface area contributed by atoms with Gasteiger partial charge in [0.05, 0.1) is 18.7 Å². The standard InChI is InChI=1S/C19H25N3O4S/c1-12(2)17-19(25)26-14(7-3-4-9-27)10-16(23)20-11-13-6-5-8-15(21-13)18(24)22-17/h3,5-8,12,14,17,27H,4,9-11H2,1-2H3,(H,20,23)(H,22,24)/b7-3+/t14-,17+/m1/s1. The van der Waals surface area contributed by atoms with Crippen LogP contribution in [0.2, 0.25) is 0 Å². The lowest BCUT2D eigenvalue weighted by atomic mass is 10.0. The van der Waals surface area contributed by atoms with Crippen LogP contribution >= 0.6 is 12.6 Å². The number of amides is 2. The summed E-state index contributed by atoms with van der Waals surface area (Å²) in [5, 5.41) is 5.43. The van der Waals surface area contributed by atoms with E-state index < -0.39 is 24.0 Å². The smallest absolute Gasteiger partial charge is 0.329 e. The van der Waals surface area contributed by atoms with Crippen LogP contribution < -0.4 is 10.6 Å². The van der Waals surface area contributed by atoms with Crippen molar-refractivity contribution in [2.45, 2.75) is 45.4 Å². The fourth-order valence-corrected chi connectivity index (χ4v) is 2.70. The zero-order valence-corrected chi connectivity index (χ0v) is 16.4. The Balaban J connectivity index is 2.31. The number of hydrogen-bond acceptors (Lipinski definition) is 6.